The molecule has 3 nitrogen and oxygen atoms in total. The maximum atomic E-state index is 12.0. The molecule has 0 radical (unpaired) electrons. The smallest absolute Gasteiger partial charge is 0.236 e. The van der Waals surface area contributed by atoms with Gasteiger partial charge in [0.25, 0.3) is 0 Å². The van der Waals surface area contributed by atoms with Crippen molar-refractivity contribution in [2.45, 2.75) is 9.79 Å². The van der Waals surface area contributed by atoms with Crippen molar-refractivity contribution in [3.8, 4) is 0 Å². The van der Waals surface area contributed by atoms with Crippen molar-refractivity contribution in [1.82, 2.24) is 4.98 Å². The Hall–Kier alpha value is -1.50. The largest absolute Gasteiger partial charge is 0.301 e. The van der Waals surface area contributed by atoms with Gasteiger partial charge in [0, 0.05) is 9.79 Å². The average molecular weight is 347 g/mol. The van der Waals surface area contributed by atoms with E-state index in [2.05, 4.69) is 10.3 Å². The standard InChI is InChI=1S/C16H14N2OS3/c1-20-12-8-5-9-13-15(12)18-16(22-13)17-14(19)10-21-11-6-3-2-4-7-11/h2-9H,10H2,1H3,(H,17,18,19). The number of nitrogens with one attached hydrogen (secondary N) is 1. The summed E-state index contributed by atoms with van der Waals surface area (Å²) in [6, 6.07) is 16.0. The molecular weight excluding hydrogens is 332 g/mol. The molecule has 22 heavy (non-hydrogen) atoms. The van der Waals surface area contributed by atoms with Crippen LogP contribution >= 0.6 is 34.9 Å². The second-order valence-electron chi connectivity index (χ2n) is 4.48. The number of nitrogens with zero attached hydrogens (tertiary/aromatic N) is 1. The van der Waals surface area contributed by atoms with Crippen LogP contribution in [-0.2, 0) is 4.79 Å². The van der Waals surface area contributed by atoms with E-state index in [0.29, 0.717) is 10.9 Å². The third kappa shape index (κ3) is 3.63. The number of aromatic nitrogens is 1. The van der Waals surface area contributed by atoms with Gasteiger partial charge in [-0.2, -0.15) is 0 Å². The third-order valence-corrected chi connectivity index (χ3v) is 5.68. The van der Waals surface area contributed by atoms with Crippen LogP contribution in [0.3, 0.4) is 0 Å². The molecule has 0 atom stereocenters. The molecule has 0 aliphatic rings. The summed E-state index contributed by atoms with van der Waals surface area (Å²) in [7, 11) is 0. The van der Waals surface area contributed by atoms with E-state index in [1.807, 2.05) is 54.8 Å². The number of benzene rings is 2. The van der Waals surface area contributed by atoms with Crippen LogP contribution in [0.25, 0.3) is 10.2 Å². The van der Waals surface area contributed by atoms with Crippen molar-refractivity contribution in [1.29, 1.82) is 0 Å². The van der Waals surface area contributed by atoms with Crippen molar-refractivity contribution < 1.29 is 4.79 Å². The number of carbonyl (C=O) groups excluding carboxylic acids is 1. The number of rotatable bonds is 5. The third-order valence-electron chi connectivity index (χ3n) is 2.96. The SMILES string of the molecule is CSc1cccc2sc(NC(=O)CSc3ccccc3)nc12. The van der Waals surface area contributed by atoms with Crippen molar-refractivity contribution >= 4 is 56.1 Å². The fraction of sp³-hybridized carbons (Fsp3) is 0.125. The van der Waals surface area contributed by atoms with Crippen LogP contribution in [0.15, 0.2) is 58.3 Å². The Morgan fingerprint density at radius 1 is 1.18 bits per heavy atom. The van der Waals surface area contributed by atoms with Gasteiger partial charge < -0.3 is 5.32 Å². The average Bonchev–Trinajstić information content (AvgIpc) is 2.96. The molecule has 0 unspecified atom stereocenters. The molecule has 0 spiro atoms. The molecule has 0 fully saturated rings. The fourth-order valence-electron chi connectivity index (χ4n) is 1.96. The molecular formula is C16H14N2OS3. The summed E-state index contributed by atoms with van der Waals surface area (Å²) in [5.41, 5.74) is 0.964. The molecule has 0 bridgehead atoms. The van der Waals surface area contributed by atoms with Crippen LogP contribution in [0.2, 0.25) is 0 Å². The number of fused-ring (bicyclic) bond motifs is 1. The second-order valence-corrected chi connectivity index (χ2v) is 7.40. The van der Waals surface area contributed by atoms with Gasteiger partial charge in [0.2, 0.25) is 5.91 Å². The molecule has 1 aromatic heterocycles. The Balaban J connectivity index is 1.66. The summed E-state index contributed by atoms with van der Waals surface area (Å²) < 4.78 is 1.10. The highest BCUT2D eigenvalue weighted by atomic mass is 32.2. The normalized spacial score (nSPS) is 10.8. The van der Waals surface area contributed by atoms with Crippen LogP contribution in [0.5, 0.6) is 0 Å². The Bertz CT molecular complexity index is 786. The molecule has 0 saturated carbocycles. The summed E-state index contributed by atoms with van der Waals surface area (Å²) in [6.45, 7) is 0. The lowest BCUT2D eigenvalue weighted by atomic mass is 10.3. The van der Waals surface area contributed by atoms with Gasteiger partial charge in [-0.05, 0) is 30.5 Å². The van der Waals surface area contributed by atoms with E-state index in [-0.39, 0.29) is 5.91 Å². The molecule has 1 amide bonds. The summed E-state index contributed by atoms with van der Waals surface area (Å²) in [5.74, 6) is 0.355. The van der Waals surface area contributed by atoms with Gasteiger partial charge >= 0.3 is 0 Å². The van der Waals surface area contributed by atoms with Gasteiger partial charge in [-0.15, -0.1) is 23.5 Å². The van der Waals surface area contributed by atoms with Crippen LogP contribution in [0, 0.1) is 0 Å². The van der Waals surface area contributed by atoms with Crippen molar-refractivity contribution in [3.05, 3.63) is 48.5 Å². The van der Waals surface area contributed by atoms with E-state index in [9.17, 15) is 4.79 Å². The van der Waals surface area contributed by atoms with Crippen molar-refractivity contribution in [2.24, 2.45) is 0 Å². The molecule has 3 rings (SSSR count). The summed E-state index contributed by atoms with van der Waals surface area (Å²) in [4.78, 5) is 18.8. The molecule has 0 saturated heterocycles. The number of para-hydroxylation sites is 1. The lowest BCUT2D eigenvalue weighted by molar-refractivity contribution is -0.113. The number of carbonyl (C=O) groups is 1. The van der Waals surface area contributed by atoms with Crippen molar-refractivity contribution in [3.63, 3.8) is 0 Å². The number of anilines is 1. The summed E-state index contributed by atoms with van der Waals surface area (Å²) in [6.07, 6.45) is 2.03. The van der Waals surface area contributed by atoms with E-state index in [0.717, 1.165) is 20.0 Å². The predicted octanol–water partition coefficient (Wildman–Crippen LogP) is 4.75. The van der Waals surface area contributed by atoms with Crippen molar-refractivity contribution in [2.75, 3.05) is 17.3 Å². The highest BCUT2D eigenvalue weighted by Gasteiger charge is 2.10. The van der Waals surface area contributed by atoms with E-state index in [4.69, 9.17) is 0 Å². The first-order valence-electron chi connectivity index (χ1n) is 6.67. The molecule has 2 aromatic carbocycles. The quantitative estimate of drug-likeness (QED) is 0.677. The monoisotopic (exact) mass is 346 g/mol. The van der Waals surface area contributed by atoms with Gasteiger partial charge in [0.05, 0.1) is 16.0 Å². The van der Waals surface area contributed by atoms with Gasteiger partial charge in [0.15, 0.2) is 5.13 Å². The van der Waals surface area contributed by atoms with E-state index >= 15 is 0 Å². The molecule has 3 aromatic rings. The number of hydrogen-bond donors (Lipinski definition) is 1. The van der Waals surface area contributed by atoms with E-state index < -0.39 is 0 Å². The predicted molar refractivity (Wildman–Crippen MR) is 97.2 cm³/mol. The molecule has 112 valence electrons. The van der Waals surface area contributed by atoms with E-state index in [1.54, 1.807) is 11.8 Å². The van der Waals surface area contributed by atoms with Gasteiger partial charge in [-0.25, -0.2) is 4.98 Å². The molecule has 6 heteroatoms. The van der Waals surface area contributed by atoms with Crippen LogP contribution in [0.1, 0.15) is 0 Å². The molecule has 1 heterocycles. The highest BCUT2D eigenvalue weighted by molar-refractivity contribution is 8.00. The van der Waals surface area contributed by atoms with Gasteiger partial charge in [0.1, 0.15) is 0 Å². The minimum atomic E-state index is -0.0291. The van der Waals surface area contributed by atoms with Crippen LogP contribution in [0.4, 0.5) is 5.13 Å². The minimum absolute atomic E-state index is 0.0291. The summed E-state index contributed by atoms with van der Waals surface area (Å²) in [5, 5.41) is 3.55. The Morgan fingerprint density at radius 2 is 2.00 bits per heavy atom. The van der Waals surface area contributed by atoms with E-state index in [1.165, 1.54) is 23.1 Å². The number of hydrogen-bond acceptors (Lipinski definition) is 5. The maximum Gasteiger partial charge on any atom is 0.236 e. The van der Waals surface area contributed by atoms with Crippen LogP contribution < -0.4 is 5.32 Å². The lowest BCUT2D eigenvalue weighted by Gasteiger charge is -2.01. The Kier molecular flexibility index (Phi) is 5.02. The van der Waals surface area contributed by atoms with Crippen LogP contribution in [-0.4, -0.2) is 22.9 Å². The number of thiazole rings is 1. The Labute approximate surface area is 141 Å². The first kappa shape index (κ1) is 15.4. The minimum Gasteiger partial charge on any atom is -0.301 e. The number of amides is 1. The molecule has 1 N–H and O–H groups in total. The fourth-order valence-corrected chi connectivity index (χ4v) is 4.22. The summed E-state index contributed by atoms with van der Waals surface area (Å²) >= 11 is 4.70. The van der Waals surface area contributed by atoms with Gasteiger partial charge in [-0.3, -0.25) is 4.79 Å². The maximum absolute atomic E-state index is 12.0. The zero-order valence-corrected chi connectivity index (χ0v) is 14.4. The lowest BCUT2D eigenvalue weighted by Crippen LogP contribution is -2.13. The zero-order valence-electron chi connectivity index (χ0n) is 11.9. The first-order chi connectivity index (χ1) is 10.8. The highest BCUT2D eigenvalue weighted by Crippen LogP contribution is 2.32. The zero-order chi connectivity index (χ0) is 15.4. The molecule has 0 aliphatic heterocycles. The molecule has 0 aliphatic carbocycles. The number of thioether (sulfide) groups is 2. The topological polar surface area (TPSA) is 42.0 Å². The van der Waals surface area contributed by atoms with Gasteiger partial charge in [-0.1, -0.05) is 35.6 Å². The first-order valence-corrected chi connectivity index (χ1v) is 9.70. The Morgan fingerprint density at radius 3 is 2.77 bits per heavy atom. The second kappa shape index (κ2) is 7.17.